The zero-order valence-electron chi connectivity index (χ0n) is 13.2. The van der Waals surface area contributed by atoms with Gasteiger partial charge in [-0.1, -0.05) is 12.1 Å². The molecule has 2 N–H and O–H groups in total. The Bertz CT molecular complexity index is 624. The molecule has 0 aliphatic rings. The number of carbonyl (C=O) groups excluding carboxylic acids is 1. The Balaban J connectivity index is 1.70. The monoisotopic (exact) mass is 302 g/mol. The molecule has 0 spiro atoms. The molecule has 0 bridgehead atoms. The van der Waals surface area contributed by atoms with Gasteiger partial charge < -0.3 is 19.9 Å². The Labute approximate surface area is 130 Å². The maximum Gasteiger partial charge on any atom is 0.315 e. The summed E-state index contributed by atoms with van der Waals surface area (Å²) in [7, 11) is 1.89. The van der Waals surface area contributed by atoms with E-state index in [9.17, 15) is 4.79 Å². The first-order chi connectivity index (χ1) is 10.5. The molecular formula is C16H22N4O2. The first-order valence-corrected chi connectivity index (χ1v) is 7.26. The normalized spacial score (nSPS) is 11.8. The molecule has 6 heteroatoms. The van der Waals surface area contributed by atoms with Crippen LogP contribution >= 0.6 is 0 Å². The number of nitrogens with one attached hydrogen (secondary N) is 2. The smallest absolute Gasteiger partial charge is 0.315 e. The second-order valence-electron chi connectivity index (χ2n) is 5.26. The average Bonchev–Trinajstić information content (AvgIpc) is 2.88. The van der Waals surface area contributed by atoms with E-state index in [-0.39, 0.29) is 12.1 Å². The van der Waals surface area contributed by atoms with Crippen molar-refractivity contribution in [1.29, 1.82) is 0 Å². The van der Waals surface area contributed by atoms with Crippen LogP contribution in [0.4, 0.5) is 4.79 Å². The molecule has 1 atom stereocenters. The molecule has 0 radical (unpaired) electrons. The van der Waals surface area contributed by atoms with Gasteiger partial charge in [0.25, 0.3) is 0 Å². The van der Waals surface area contributed by atoms with Crippen molar-refractivity contribution in [1.82, 2.24) is 20.2 Å². The molecule has 0 saturated heterocycles. The Morgan fingerprint density at radius 1 is 1.41 bits per heavy atom. The number of amides is 2. The van der Waals surface area contributed by atoms with Crippen LogP contribution in [-0.2, 0) is 13.6 Å². The van der Waals surface area contributed by atoms with Crippen LogP contribution in [0, 0.1) is 6.92 Å². The van der Waals surface area contributed by atoms with Crippen molar-refractivity contribution in [3.63, 3.8) is 0 Å². The maximum absolute atomic E-state index is 11.7. The van der Waals surface area contributed by atoms with E-state index in [0.29, 0.717) is 13.1 Å². The number of ether oxygens (including phenoxy) is 1. The zero-order chi connectivity index (χ0) is 15.9. The van der Waals surface area contributed by atoms with Gasteiger partial charge in [-0.2, -0.15) is 0 Å². The molecule has 118 valence electrons. The van der Waals surface area contributed by atoms with Gasteiger partial charge in [0.15, 0.2) is 0 Å². The highest BCUT2D eigenvalue weighted by atomic mass is 16.5. The van der Waals surface area contributed by atoms with E-state index in [1.165, 1.54) is 0 Å². The lowest BCUT2D eigenvalue weighted by atomic mass is 10.2. The largest absolute Gasteiger partial charge is 0.489 e. The predicted molar refractivity (Wildman–Crippen MR) is 84.7 cm³/mol. The van der Waals surface area contributed by atoms with Crippen LogP contribution in [0.15, 0.2) is 36.7 Å². The number of aryl methyl sites for hydroxylation is 2. The third kappa shape index (κ3) is 4.80. The van der Waals surface area contributed by atoms with Crippen molar-refractivity contribution in [2.24, 2.45) is 7.05 Å². The fourth-order valence-corrected chi connectivity index (χ4v) is 1.99. The summed E-state index contributed by atoms with van der Waals surface area (Å²) in [4.78, 5) is 15.9. The van der Waals surface area contributed by atoms with E-state index in [0.717, 1.165) is 17.1 Å². The molecule has 6 nitrogen and oxygen atoms in total. The van der Waals surface area contributed by atoms with Crippen molar-refractivity contribution >= 4 is 6.03 Å². The molecule has 22 heavy (non-hydrogen) atoms. The summed E-state index contributed by atoms with van der Waals surface area (Å²) >= 11 is 0. The number of hydrogen-bond donors (Lipinski definition) is 2. The Hall–Kier alpha value is -2.50. The third-order valence-electron chi connectivity index (χ3n) is 3.20. The van der Waals surface area contributed by atoms with Gasteiger partial charge in [0.1, 0.15) is 17.7 Å². The molecule has 1 aromatic carbocycles. The lowest BCUT2D eigenvalue weighted by Gasteiger charge is -2.16. The minimum atomic E-state index is -0.234. The van der Waals surface area contributed by atoms with Crippen molar-refractivity contribution in [2.75, 3.05) is 6.54 Å². The van der Waals surface area contributed by atoms with Crippen molar-refractivity contribution < 1.29 is 9.53 Å². The fourth-order valence-electron chi connectivity index (χ4n) is 1.99. The van der Waals surface area contributed by atoms with Gasteiger partial charge in [-0.05, 0) is 31.5 Å². The molecule has 0 saturated carbocycles. The highest BCUT2D eigenvalue weighted by Crippen LogP contribution is 2.13. The molecule has 0 aliphatic carbocycles. The van der Waals surface area contributed by atoms with Crippen molar-refractivity contribution in [2.45, 2.75) is 26.5 Å². The average molecular weight is 302 g/mol. The van der Waals surface area contributed by atoms with Gasteiger partial charge in [0.2, 0.25) is 0 Å². The van der Waals surface area contributed by atoms with Gasteiger partial charge in [-0.15, -0.1) is 0 Å². The predicted octanol–water partition coefficient (Wildman–Crippen LogP) is 2.00. The fraction of sp³-hybridized carbons (Fsp3) is 0.375. The second-order valence-corrected chi connectivity index (χ2v) is 5.26. The Morgan fingerprint density at radius 2 is 2.23 bits per heavy atom. The number of benzene rings is 1. The highest BCUT2D eigenvalue weighted by Gasteiger charge is 2.08. The van der Waals surface area contributed by atoms with Gasteiger partial charge in [-0.25, -0.2) is 9.78 Å². The first kappa shape index (κ1) is 15.9. The molecular weight excluding hydrogens is 280 g/mol. The van der Waals surface area contributed by atoms with E-state index < -0.39 is 0 Å². The number of hydrogen-bond acceptors (Lipinski definition) is 3. The molecule has 0 unspecified atom stereocenters. The molecule has 2 aromatic rings. The second kappa shape index (κ2) is 7.49. The molecule has 1 heterocycles. The number of rotatable bonds is 6. The lowest BCUT2D eigenvalue weighted by molar-refractivity contribution is 0.207. The quantitative estimate of drug-likeness (QED) is 0.857. The summed E-state index contributed by atoms with van der Waals surface area (Å²) in [6, 6.07) is 7.61. The van der Waals surface area contributed by atoms with Gasteiger partial charge in [-0.3, -0.25) is 0 Å². The highest BCUT2D eigenvalue weighted by molar-refractivity contribution is 5.73. The summed E-state index contributed by atoms with van der Waals surface area (Å²) in [6.07, 6.45) is 3.43. The summed E-state index contributed by atoms with van der Waals surface area (Å²) in [5, 5.41) is 5.55. The Morgan fingerprint density at radius 3 is 2.91 bits per heavy atom. The third-order valence-corrected chi connectivity index (χ3v) is 3.20. The van der Waals surface area contributed by atoms with Gasteiger partial charge >= 0.3 is 6.03 Å². The topological polar surface area (TPSA) is 68.2 Å². The first-order valence-electron chi connectivity index (χ1n) is 7.26. The summed E-state index contributed by atoms with van der Waals surface area (Å²) < 4.78 is 7.62. The lowest BCUT2D eigenvalue weighted by Crippen LogP contribution is -2.40. The SMILES string of the molecule is Cc1cccc(O[C@H](C)CNC(=O)NCc2nccn2C)c1. The van der Waals surface area contributed by atoms with E-state index in [2.05, 4.69) is 15.6 Å². The number of carbonyl (C=O) groups is 1. The van der Waals surface area contributed by atoms with Crippen LogP contribution < -0.4 is 15.4 Å². The van der Waals surface area contributed by atoms with E-state index in [1.807, 2.05) is 55.9 Å². The summed E-state index contributed by atoms with van der Waals surface area (Å²) in [5.41, 5.74) is 1.14. The molecule has 2 rings (SSSR count). The number of aromatic nitrogens is 2. The van der Waals surface area contributed by atoms with E-state index in [4.69, 9.17) is 4.74 Å². The molecule has 0 aliphatic heterocycles. The standard InChI is InChI=1S/C16H22N4O2/c1-12-5-4-6-14(9-12)22-13(2)10-18-16(21)19-11-15-17-7-8-20(15)3/h4-9,13H,10-11H2,1-3H3,(H2,18,19,21)/t13-/m1/s1. The summed E-state index contributed by atoms with van der Waals surface area (Å²) in [6.45, 7) is 4.75. The van der Waals surface area contributed by atoms with Crippen LogP contribution in [-0.4, -0.2) is 28.2 Å². The minimum absolute atomic E-state index is 0.110. The van der Waals surface area contributed by atoms with Gasteiger partial charge in [0.05, 0.1) is 13.1 Å². The van der Waals surface area contributed by atoms with Gasteiger partial charge in [0, 0.05) is 19.4 Å². The van der Waals surface area contributed by atoms with Crippen LogP contribution in [0.25, 0.3) is 0 Å². The summed E-state index contributed by atoms with van der Waals surface area (Å²) in [5.74, 6) is 1.61. The number of nitrogens with zero attached hydrogens (tertiary/aromatic N) is 2. The van der Waals surface area contributed by atoms with Crippen LogP contribution in [0.2, 0.25) is 0 Å². The maximum atomic E-state index is 11.7. The van der Waals surface area contributed by atoms with Crippen molar-refractivity contribution in [3.8, 4) is 5.75 Å². The number of imidazole rings is 1. The molecule has 1 aromatic heterocycles. The zero-order valence-corrected chi connectivity index (χ0v) is 13.2. The Kier molecular flexibility index (Phi) is 5.41. The van der Waals surface area contributed by atoms with Crippen LogP contribution in [0.1, 0.15) is 18.3 Å². The van der Waals surface area contributed by atoms with Crippen LogP contribution in [0.5, 0.6) is 5.75 Å². The molecule has 2 amide bonds. The van der Waals surface area contributed by atoms with Crippen LogP contribution in [0.3, 0.4) is 0 Å². The van der Waals surface area contributed by atoms with Crippen molar-refractivity contribution in [3.05, 3.63) is 48.0 Å². The molecule has 0 fully saturated rings. The minimum Gasteiger partial charge on any atom is -0.489 e. The van der Waals surface area contributed by atoms with E-state index >= 15 is 0 Å². The number of urea groups is 1. The van der Waals surface area contributed by atoms with E-state index in [1.54, 1.807) is 6.20 Å².